The average molecular weight is 518 g/mol. The Morgan fingerprint density at radius 3 is 2.66 bits per heavy atom. The zero-order valence-electron chi connectivity index (χ0n) is 18.1. The number of hydrogen-bond acceptors (Lipinski definition) is 3. The number of nitrogens with zero attached hydrogens (tertiary/aromatic N) is 1. The Hall–Kier alpha value is -2.57. The summed E-state index contributed by atoms with van der Waals surface area (Å²) in [5.74, 6) is 0.0844. The first-order chi connectivity index (χ1) is 15.4. The number of amides is 2. The fourth-order valence-corrected chi connectivity index (χ4v) is 4.18. The molecule has 1 N–H and O–H groups in total. The molecule has 0 aliphatic carbocycles. The third-order valence-electron chi connectivity index (χ3n) is 5.14. The summed E-state index contributed by atoms with van der Waals surface area (Å²) in [6, 6.07) is 18.3. The van der Waals surface area contributed by atoms with Crippen LogP contribution in [0.3, 0.4) is 0 Å². The summed E-state index contributed by atoms with van der Waals surface area (Å²) >= 11 is 9.69. The van der Waals surface area contributed by atoms with Crippen LogP contribution >= 0.6 is 27.5 Å². The van der Waals surface area contributed by atoms with Crippen molar-refractivity contribution in [2.24, 2.45) is 0 Å². The minimum absolute atomic E-state index is 0.192. The molecule has 3 rings (SSSR count). The van der Waals surface area contributed by atoms with Crippen molar-refractivity contribution in [1.29, 1.82) is 0 Å². The van der Waals surface area contributed by atoms with E-state index in [1.165, 1.54) is 4.90 Å². The van der Waals surface area contributed by atoms with Gasteiger partial charge in [-0.05, 0) is 63.8 Å². The largest absolute Gasteiger partial charge is 0.483 e. The van der Waals surface area contributed by atoms with Crippen LogP contribution in [0.15, 0.2) is 65.1 Å². The van der Waals surface area contributed by atoms with E-state index in [9.17, 15) is 9.59 Å². The second kappa shape index (κ2) is 11.3. The number of carbonyl (C=O) groups is 2. The lowest BCUT2D eigenvalue weighted by atomic mass is 10.1. The van der Waals surface area contributed by atoms with Gasteiger partial charge >= 0.3 is 0 Å². The van der Waals surface area contributed by atoms with Crippen molar-refractivity contribution in [1.82, 2.24) is 10.2 Å². The summed E-state index contributed by atoms with van der Waals surface area (Å²) in [6.45, 7) is 4.32. The van der Waals surface area contributed by atoms with Crippen molar-refractivity contribution in [2.75, 3.05) is 13.2 Å². The first kappa shape index (κ1) is 24.1. The molecule has 7 heteroatoms. The first-order valence-electron chi connectivity index (χ1n) is 10.5. The van der Waals surface area contributed by atoms with Gasteiger partial charge in [0.05, 0.1) is 4.47 Å². The third kappa shape index (κ3) is 6.02. The highest BCUT2D eigenvalue weighted by molar-refractivity contribution is 9.10. The van der Waals surface area contributed by atoms with Gasteiger partial charge in [0, 0.05) is 18.1 Å². The van der Waals surface area contributed by atoms with Gasteiger partial charge in [-0.3, -0.25) is 9.59 Å². The van der Waals surface area contributed by atoms with E-state index in [1.54, 1.807) is 19.1 Å². The zero-order valence-corrected chi connectivity index (χ0v) is 20.4. The SMILES string of the molecule is CCCNC(=O)C(C)N(Cc1cccc(Cl)c1)C(=O)COc1ccc2ccccc2c1Br. The molecular formula is C25H26BrClN2O3. The Morgan fingerprint density at radius 1 is 1.12 bits per heavy atom. The molecule has 32 heavy (non-hydrogen) atoms. The summed E-state index contributed by atoms with van der Waals surface area (Å²) in [5, 5.41) is 5.51. The van der Waals surface area contributed by atoms with Crippen molar-refractivity contribution >= 4 is 50.1 Å². The molecule has 0 radical (unpaired) electrons. The molecule has 5 nitrogen and oxygen atoms in total. The maximum absolute atomic E-state index is 13.2. The smallest absolute Gasteiger partial charge is 0.261 e. The molecule has 0 spiro atoms. The van der Waals surface area contributed by atoms with Gasteiger partial charge in [0.2, 0.25) is 5.91 Å². The van der Waals surface area contributed by atoms with E-state index < -0.39 is 6.04 Å². The highest BCUT2D eigenvalue weighted by atomic mass is 79.9. The zero-order chi connectivity index (χ0) is 23.1. The second-order valence-electron chi connectivity index (χ2n) is 7.51. The van der Waals surface area contributed by atoms with Crippen LogP contribution in [-0.4, -0.2) is 35.9 Å². The van der Waals surface area contributed by atoms with Crippen LogP contribution < -0.4 is 10.1 Å². The third-order valence-corrected chi connectivity index (χ3v) is 6.19. The van der Waals surface area contributed by atoms with Crippen LogP contribution in [0.1, 0.15) is 25.8 Å². The number of nitrogens with one attached hydrogen (secondary N) is 1. The molecule has 3 aromatic carbocycles. The summed E-state index contributed by atoms with van der Waals surface area (Å²) in [5.41, 5.74) is 0.841. The molecule has 3 aromatic rings. The molecular weight excluding hydrogens is 492 g/mol. The van der Waals surface area contributed by atoms with Gasteiger partial charge in [0.1, 0.15) is 11.8 Å². The van der Waals surface area contributed by atoms with E-state index in [1.807, 2.05) is 55.5 Å². The van der Waals surface area contributed by atoms with E-state index in [0.717, 1.165) is 27.2 Å². The molecule has 0 bridgehead atoms. The molecule has 0 saturated heterocycles. The first-order valence-corrected chi connectivity index (χ1v) is 11.7. The number of carbonyl (C=O) groups excluding carboxylic acids is 2. The van der Waals surface area contributed by atoms with Crippen molar-refractivity contribution in [3.8, 4) is 5.75 Å². The van der Waals surface area contributed by atoms with E-state index in [2.05, 4.69) is 21.2 Å². The quantitative estimate of drug-likeness (QED) is 0.403. The minimum Gasteiger partial charge on any atom is -0.483 e. The van der Waals surface area contributed by atoms with Crippen LogP contribution in [0.25, 0.3) is 10.8 Å². The van der Waals surface area contributed by atoms with Crippen molar-refractivity contribution in [2.45, 2.75) is 32.9 Å². The lowest BCUT2D eigenvalue weighted by Gasteiger charge is -2.29. The number of benzene rings is 3. The van der Waals surface area contributed by atoms with Crippen LogP contribution in [0.4, 0.5) is 0 Å². The lowest BCUT2D eigenvalue weighted by Crippen LogP contribution is -2.49. The highest BCUT2D eigenvalue weighted by Crippen LogP contribution is 2.33. The van der Waals surface area contributed by atoms with E-state index in [4.69, 9.17) is 16.3 Å². The van der Waals surface area contributed by atoms with Crippen LogP contribution in [0, 0.1) is 0 Å². The van der Waals surface area contributed by atoms with Crippen LogP contribution in [-0.2, 0) is 16.1 Å². The number of rotatable bonds is 9. The molecule has 1 unspecified atom stereocenters. The topological polar surface area (TPSA) is 58.6 Å². The molecule has 0 aliphatic rings. The molecule has 0 aliphatic heterocycles. The molecule has 0 fully saturated rings. The summed E-state index contributed by atoms with van der Waals surface area (Å²) in [4.78, 5) is 27.3. The number of ether oxygens (including phenoxy) is 1. The van der Waals surface area contributed by atoms with Gasteiger partial charge in [-0.1, -0.05) is 61.0 Å². The molecule has 0 saturated carbocycles. The van der Waals surface area contributed by atoms with Gasteiger partial charge in [0.25, 0.3) is 5.91 Å². The van der Waals surface area contributed by atoms with E-state index >= 15 is 0 Å². The summed E-state index contributed by atoms with van der Waals surface area (Å²) in [7, 11) is 0. The fourth-order valence-electron chi connectivity index (χ4n) is 3.36. The van der Waals surface area contributed by atoms with Gasteiger partial charge < -0.3 is 15.0 Å². The molecule has 2 amide bonds. The van der Waals surface area contributed by atoms with Crippen LogP contribution in [0.2, 0.25) is 5.02 Å². The summed E-state index contributed by atoms with van der Waals surface area (Å²) in [6.07, 6.45) is 0.819. The Bertz CT molecular complexity index is 1110. The van der Waals surface area contributed by atoms with E-state index in [0.29, 0.717) is 17.3 Å². The molecule has 1 atom stereocenters. The van der Waals surface area contributed by atoms with Gasteiger partial charge in [-0.15, -0.1) is 0 Å². The lowest BCUT2D eigenvalue weighted by molar-refractivity contribution is -0.142. The van der Waals surface area contributed by atoms with Gasteiger partial charge in [-0.25, -0.2) is 0 Å². The number of halogens is 2. The highest BCUT2D eigenvalue weighted by Gasteiger charge is 2.26. The monoisotopic (exact) mass is 516 g/mol. The predicted octanol–water partition coefficient (Wildman–Crippen LogP) is 5.58. The Balaban J connectivity index is 1.78. The number of hydrogen-bond donors (Lipinski definition) is 1. The molecule has 0 heterocycles. The average Bonchev–Trinajstić information content (AvgIpc) is 2.80. The maximum Gasteiger partial charge on any atom is 0.261 e. The second-order valence-corrected chi connectivity index (χ2v) is 8.74. The van der Waals surface area contributed by atoms with Crippen molar-refractivity contribution in [3.63, 3.8) is 0 Å². The normalized spacial score (nSPS) is 11.8. The number of fused-ring (bicyclic) bond motifs is 1. The fraction of sp³-hybridized carbons (Fsp3) is 0.280. The summed E-state index contributed by atoms with van der Waals surface area (Å²) < 4.78 is 6.65. The van der Waals surface area contributed by atoms with Crippen molar-refractivity contribution in [3.05, 3.63) is 75.7 Å². The molecule has 168 valence electrons. The Labute approximate surface area is 201 Å². The Kier molecular flexibility index (Phi) is 8.53. The maximum atomic E-state index is 13.2. The Morgan fingerprint density at radius 2 is 1.91 bits per heavy atom. The van der Waals surface area contributed by atoms with E-state index in [-0.39, 0.29) is 25.0 Å². The minimum atomic E-state index is -0.656. The van der Waals surface area contributed by atoms with Gasteiger partial charge in [0.15, 0.2) is 6.61 Å². The molecule has 0 aromatic heterocycles. The van der Waals surface area contributed by atoms with Crippen molar-refractivity contribution < 1.29 is 14.3 Å². The van der Waals surface area contributed by atoms with Crippen LogP contribution in [0.5, 0.6) is 5.75 Å². The predicted molar refractivity (Wildman–Crippen MR) is 132 cm³/mol. The van der Waals surface area contributed by atoms with Gasteiger partial charge in [-0.2, -0.15) is 0 Å². The standard InChI is InChI=1S/C25H26BrClN2O3/c1-3-13-28-25(31)17(2)29(15-18-7-6-9-20(27)14-18)23(30)16-32-22-12-11-19-8-4-5-10-21(19)24(22)26/h4-12,14,17H,3,13,15-16H2,1-2H3,(H,28,31).